The van der Waals surface area contributed by atoms with E-state index in [-0.39, 0.29) is 34.6 Å². The number of amides is 2. The molecule has 35 heavy (non-hydrogen) atoms. The number of halogens is 2. The number of hydrogen-bond donors (Lipinski definition) is 2. The molecule has 2 aromatic carbocycles. The molecule has 0 aliphatic rings. The van der Waals surface area contributed by atoms with Gasteiger partial charge in [0.05, 0.1) is 16.1 Å². The van der Waals surface area contributed by atoms with Gasteiger partial charge in [0.2, 0.25) is 5.91 Å². The molecule has 11 heteroatoms. The molecule has 0 fully saturated rings. The zero-order valence-corrected chi connectivity index (χ0v) is 20.1. The van der Waals surface area contributed by atoms with Crippen molar-refractivity contribution in [2.75, 3.05) is 21.5 Å². The number of anilines is 3. The molecule has 1 aromatic heterocycles. The summed E-state index contributed by atoms with van der Waals surface area (Å²) in [5, 5.41) is 4.59. The van der Waals surface area contributed by atoms with Gasteiger partial charge < -0.3 is 10.6 Å². The largest absolute Gasteiger partial charge is 0.317 e. The van der Waals surface area contributed by atoms with Crippen LogP contribution in [0.25, 0.3) is 0 Å². The van der Waals surface area contributed by atoms with Crippen LogP contribution in [-0.4, -0.2) is 31.8 Å². The van der Waals surface area contributed by atoms with Gasteiger partial charge in [0.15, 0.2) is 5.82 Å². The Labute approximate surface area is 202 Å². The quantitative estimate of drug-likeness (QED) is 0.474. The van der Waals surface area contributed by atoms with Gasteiger partial charge in [-0.05, 0) is 42.3 Å². The fourth-order valence-corrected chi connectivity index (χ4v) is 4.84. The first-order valence-electron chi connectivity index (χ1n) is 10.6. The lowest BCUT2D eigenvalue weighted by Crippen LogP contribution is -2.35. The van der Waals surface area contributed by atoms with E-state index in [2.05, 4.69) is 15.6 Å². The highest BCUT2D eigenvalue weighted by atomic mass is 32.2. The van der Waals surface area contributed by atoms with Crippen molar-refractivity contribution < 1.29 is 26.8 Å². The lowest BCUT2D eigenvalue weighted by Gasteiger charge is -2.27. The topological polar surface area (TPSA) is 108 Å². The summed E-state index contributed by atoms with van der Waals surface area (Å²) in [4.78, 5) is 27.6. The Morgan fingerprint density at radius 3 is 2.26 bits per heavy atom. The van der Waals surface area contributed by atoms with Crippen molar-refractivity contribution in [1.29, 1.82) is 0 Å². The Bertz CT molecular complexity index is 1330. The fourth-order valence-electron chi connectivity index (χ4n) is 3.19. The minimum absolute atomic E-state index is 0.0285. The number of pyridine rings is 1. The van der Waals surface area contributed by atoms with E-state index in [1.54, 1.807) is 32.0 Å². The van der Waals surface area contributed by atoms with Gasteiger partial charge in [0, 0.05) is 19.7 Å². The Morgan fingerprint density at radius 1 is 1.00 bits per heavy atom. The molecule has 2 amide bonds. The molecule has 184 valence electrons. The average molecular weight is 503 g/mol. The number of hydrogen-bond acceptors (Lipinski definition) is 5. The molecule has 0 bridgehead atoms. The molecule has 1 heterocycles. The Balaban J connectivity index is 1.98. The molecule has 0 saturated carbocycles. The van der Waals surface area contributed by atoms with E-state index >= 15 is 4.39 Å². The number of sulfonamides is 1. The van der Waals surface area contributed by atoms with Gasteiger partial charge in [-0.2, -0.15) is 0 Å². The highest BCUT2D eigenvalue weighted by Gasteiger charge is 2.30. The van der Waals surface area contributed by atoms with Crippen LogP contribution >= 0.6 is 0 Å². The van der Waals surface area contributed by atoms with Crippen molar-refractivity contribution in [1.82, 2.24) is 4.98 Å². The van der Waals surface area contributed by atoms with Crippen LogP contribution in [0.1, 0.15) is 31.1 Å². The van der Waals surface area contributed by atoms with Crippen LogP contribution in [0.15, 0.2) is 65.7 Å². The summed E-state index contributed by atoms with van der Waals surface area (Å²) in [6, 6.07) is 12.1. The van der Waals surface area contributed by atoms with E-state index in [9.17, 15) is 22.4 Å². The van der Waals surface area contributed by atoms with Gasteiger partial charge in [0.25, 0.3) is 15.9 Å². The third-order valence-electron chi connectivity index (χ3n) is 4.77. The SMILES string of the molecule is CC(=O)Nc1ccc(C(=O)Nc2c(F)ccc(N(CC(C)C)S(=O)(=O)c3ccccc3)c2F)cn1. The number of carbonyl (C=O) groups is 2. The Kier molecular flexibility index (Phi) is 7.80. The first-order valence-corrected chi connectivity index (χ1v) is 12.1. The van der Waals surface area contributed by atoms with E-state index in [4.69, 9.17) is 0 Å². The maximum atomic E-state index is 15.5. The highest BCUT2D eigenvalue weighted by molar-refractivity contribution is 7.92. The highest BCUT2D eigenvalue weighted by Crippen LogP contribution is 2.33. The van der Waals surface area contributed by atoms with Crippen LogP contribution in [-0.2, 0) is 14.8 Å². The van der Waals surface area contributed by atoms with Crippen LogP contribution in [0.4, 0.5) is 26.0 Å². The molecule has 0 spiro atoms. The van der Waals surface area contributed by atoms with Crippen LogP contribution in [0, 0.1) is 17.6 Å². The van der Waals surface area contributed by atoms with E-state index in [1.165, 1.54) is 31.2 Å². The lowest BCUT2D eigenvalue weighted by atomic mass is 10.2. The second kappa shape index (κ2) is 10.6. The zero-order valence-electron chi connectivity index (χ0n) is 19.2. The predicted molar refractivity (Wildman–Crippen MR) is 129 cm³/mol. The predicted octanol–water partition coefficient (Wildman–Crippen LogP) is 4.42. The summed E-state index contributed by atoms with van der Waals surface area (Å²) in [6.07, 6.45) is 1.13. The number of carbonyl (C=O) groups excluding carboxylic acids is 2. The first kappa shape index (κ1) is 25.8. The van der Waals surface area contributed by atoms with Gasteiger partial charge in [0.1, 0.15) is 17.3 Å². The minimum atomic E-state index is -4.18. The third kappa shape index (κ3) is 5.99. The molecule has 3 aromatic rings. The van der Waals surface area contributed by atoms with E-state index < -0.39 is 38.9 Å². The number of nitrogens with zero attached hydrogens (tertiary/aromatic N) is 2. The van der Waals surface area contributed by atoms with Crippen molar-refractivity contribution in [3.8, 4) is 0 Å². The second-order valence-electron chi connectivity index (χ2n) is 8.07. The number of rotatable bonds is 8. The second-order valence-corrected chi connectivity index (χ2v) is 9.93. The monoisotopic (exact) mass is 502 g/mol. The number of aromatic nitrogens is 1. The standard InChI is InChI=1S/C24H24F2N4O4S/c1-15(2)14-30(35(33,34)18-7-5-4-6-8-18)20-11-10-19(25)23(22(20)26)29-24(32)17-9-12-21(27-13-17)28-16(3)31/h4-13,15H,14H2,1-3H3,(H,29,32)(H,27,28,31). The lowest BCUT2D eigenvalue weighted by molar-refractivity contribution is -0.114. The number of nitrogens with one attached hydrogen (secondary N) is 2. The minimum Gasteiger partial charge on any atom is -0.317 e. The smallest absolute Gasteiger partial charge is 0.264 e. The van der Waals surface area contributed by atoms with Crippen molar-refractivity contribution in [3.63, 3.8) is 0 Å². The van der Waals surface area contributed by atoms with Gasteiger partial charge in [-0.15, -0.1) is 0 Å². The molecule has 0 aliphatic heterocycles. The average Bonchev–Trinajstić information content (AvgIpc) is 2.81. The summed E-state index contributed by atoms with van der Waals surface area (Å²) in [6.45, 7) is 4.73. The normalized spacial score (nSPS) is 11.3. The summed E-state index contributed by atoms with van der Waals surface area (Å²) < 4.78 is 57.6. The summed E-state index contributed by atoms with van der Waals surface area (Å²) in [7, 11) is -4.18. The molecule has 2 N–H and O–H groups in total. The molecule has 8 nitrogen and oxygen atoms in total. The third-order valence-corrected chi connectivity index (χ3v) is 6.56. The van der Waals surface area contributed by atoms with Crippen LogP contribution in [0.5, 0.6) is 0 Å². The molecule has 3 rings (SSSR count). The maximum Gasteiger partial charge on any atom is 0.264 e. The van der Waals surface area contributed by atoms with Crippen molar-refractivity contribution in [2.24, 2.45) is 5.92 Å². The fraction of sp³-hybridized carbons (Fsp3) is 0.208. The van der Waals surface area contributed by atoms with Crippen LogP contribution in [0.3, 0.4) is 0 Å². The molecule has 0 saturated heterocycles. The van der Waals surface area contributed by atoms with Crippen LogP contribution in [0.2, 0.25) is 0 Å². The maximum absolute atomic E-state index is 15.5. The van der Waals surface area contributed by atoms with Gasteiger partial charge in [-0.1, -0.05) is 32.0 Å². The van der Waals surface area contributed by atoms with Gasteiger partial charge in [-0.3, -0.25) is 13.9 Å². The van der Waals surface area contributed by atoms with E-state index in [0.717, 1.165) is 22.6 Å². The molecule has 0 atom stereocenters. The molecule has 0 unspecified atom stereocenters. The Morgan fingerprint density at radius 2 is 1.69 bits per heavy atom. The van der Waals surface area contributed by atoms with Crippen molar-refractivity contribution in [2.45, 2.75) is 25.7 Å². The Hall–Kier alpha value is -3.86. The summed E-state index contributed by atoms with van der Waals surface area (Å²) in [5.74, 6) is -3.53. The first-order chi connectivity index (χ1) is 16.5. The summed E-state index contributed by atoms with van der Waals surface area (Å²) >= 11 is 0. The number of benzene rings is 2. The van der Waals surface area contributed by atoms with E-state index in [1.807, 2.05) is 0 Å². The van der Waals surface area contributed by atoms with Crippen molar-refractivity contribution >= 4 is 39.0 Å². The van der Waals surface area contributed by atoms with Gasteiger partial charge >= 0.3 is 0 Å². The van der Waals surface area contributed by atoms with E-state index in [0.29, 0.717) is 0 Å². The molecular weight excluding hydrogens is 478 g/mol. The molecule has 0 radical (unpaired) electrons. The van der Waals surface area contributed by atoms with Crippen molar-refractivity contribution in [3.05, 3.63) is 78.0 Å². The van der Waals surface area contributed by atoms with Gasteiger partial charge in [-0.25, -0.2) is 22.2 Å². The molecule has 0 aliphatic carbocycles. The summed E-state index contributed by atoms with van der Waals surface area (Å²) in [5.41, 5.74) is -1.23. The van der Waals surface area contributed by atoms with Crippen LogP contribution < -0.4 is 14.9 Å². The molecular formula is C24H24F2N4O4S. The zero-order chi connectivity index (χ0) is 25.8.